The molecule has 1 aromatic heterocycles. The summed E-state index contributed by atoms with van der Waals surface area (Å²) in [7, 11) is 0. The van der Waals surface area contributed by atoms with Crippen molar-refractivity contribution in [1.82, 2.24) is 14.9 Å². The van der Waals surface area contributed by atoms with Gasteiger partial charge in [-0.2, -0.15) is 0 Å². The predicted octanol–water partition coefficient (Wildman–Crippen LogP) is 1.81. The number of carbonyl (C=O) groups is 2. The third-order valence-corrected chi connectivity index (χ3v) is 3.88. The lowest BCUT2D eigenvalue weighted by atomic mass is 10.1. The largest absolute Gasteiger partial charge is 0.366 e. The Morgan fingerprint density at radius 1 is 1.19 bits per heavy atom. The molecule has 0 aliphatic heterocycles. The number of benzene rings is 2. The number of carbonyl (C=O) groups excluding carboxylic acids is 2. The first-order valence-electron chi connectivity index (χ1n) is 7.89. The summed E-state index contributed by atoms with van der Waals surface area (Å²) < 4.78 is 1.50. The van der Waals surface area contributed by atoms with Crippen LogP contribution in [0.15, 0.2) is 61.2 Å². The van der Waals surface area contributed by atoms with Gasteiger partial charge in [-0.05, 0) is 29.8 Å². The molecule has 0 spiro atoms. The van der Waals surface area contributed by atoms with Crippen LogP contribution in [0, 0.1) is 10.1 Å². The molecule has 0 aliphatic carbocycles. The minimum absolute atomic E-state index is 0.150. The van der Waals surface area contributed by atoms with Gasteiger partial charge in [0.15, 0.2) is 0 Å². The van der Waals surface area contributed by atoms with E-state index in [1.54, 1.807) is 30.5 Å². The molecular weight excluding hydrogens is 350 g/mol. The van der Waals surface area contributed by atoms with Gasteiger partial charge < -0.3 is 15.6 Å². The third kappa shape index (κ3) is 3.98. The van der Waals surface area contributed by atoms with Crippen molar-refractivity contribution in [1.29, 1.82) is 0 Å². The second-order valence-corrected chi connectivity index (χ2v) is 5.68. The summed E-state index contributed by atoms with van der Waals surface area (Å²) in [5, 5.41) is 14.0. The van der Waals surface area contributed by atoms with Crippen molar-refractivity contribution in [2.75, 3.05) is 0 Å². The number of nitrogens with two attached hydrogens (primary N) is 1. The number of nitro groups is 1. The summed E-state index contributed by atoms with van der Waals surface area (Å²) in [6.45, 7) is 0.150. The highest BCUT2D eigenvalue weighted by Gasteiger charge is 2.18. The van der Waals surface area contributed by atoms with Gasteiger partial charge in [-0.25, -0.2) is 4.98 Å². The first-order valence-corrected chi connectivity index (χ1v) is 7.89. The van der Waals surface area contributed by atoms with Gasteiger partial charge in [-0.15, -0.1) is 0 Å². The molecule has 2 aromatic carbocycles. The van der Waals surface area contributed by atoms with E-state index in [2.05, 4.69) is 10.3 Å². The molecule has 0 unspecified atom stereocenters. The van der Waals surface area contributed by atoms with E-state index in [0.717, 1.165) is 0 Å². The number of nitrogens with one attached hydrogen (secondary N) is 1. The van der Waals surface area contributed by atoms with Crippen LogP contribution in [0.1, 0.15) is 26.3 Å². The summed E-state index contributed by atoms with van der Waals surface area (Å²) in [6.07, 6.45) is 4.52. The average molecular weight is 365 g/mol. The van der Waals surface area contributed by atoms with E-state index < -0.39 is 16.7 Å². The lowest BCUT2D eigenvalue weighted by Crippen LogP contribution is -2.23. The minimum atomic E-state index is -0.561. The summed E-state index contributed by atoms with van der Waals surface area (Å²) >= 11 is 0. The molecule has 0 saturated heterocycles. The normalized spacial score (nSPS) is 10.4. The van der Waals surface area contributed by atoms with E-state index >= 15 is 0 Å². The Morgan fingerprint density at radius 2 is 2.00 bits per heavy atom. The molecule has 1 heterocycles. The highest BCUT2D eigenvalue weighted by molar-refractivity contribution is 5.95. The summed E-state index contributed by atoms with van der Waals surface area (Å²) in [5.41, 5.74) is 6.50. The van der Waals surface area contributed by atoms with E-state index in [-0.39, 0.29) is 17.8 Å². The van der Waals surface area contributed by atoms with Gasteiger partial charge in [0.2, 0.25) is 5.91 Å². The van der Waals surface area contributed by atoms with Crippen molar-refractivity contribution >= 4 is 17.5 Å². The van der Waals surface area contributed by atoms with Crippen LogP contribution < -0.4 is 11.1 Å². The number of nitro benzene ring substituents is 1. The monoisotopic (exact) mass is 365 g/mol. The lowest BCUT2D eigenvalue weighted by molar-refractivity contribution is -0.384. The summed E-state index contributed by atoms with van der Waals surface area (Å²) in [6, 6.07) is 10.7. The molecule has 0 atom stereocenters. The van der Waals surface area contributed by atoms with Crippen molar-refractivity contribution in [3.8, 4) is 5.69 Å². The molecule has 0 saturated carbocycles. The fourth-order valence-electron chi connectivity index (χ4n) is 2.55. The van der Waals surface area contributed by atoms with Gasteiger partial charge in [0.05, 0.1) is 11.3 Å². The number of hydrogen-bond donors (Lipinski definition) is 2. The van der Waals surface area contributed by atoms with Crippen LogP contribution in [0.5, 0.6) is 0 Å². The zero-order valence-electron chi connectivity index (χ0n) is 14.0. The van der Waals surface area contributed by atoms with Crippen molar-refractivity contribution in [3.63, 3.8) is 0 Å². The maximum absolute atomic E-state index is 12.4. The van der Waals surface area contributed by atoms with E-state index in [1.807, 2.05) is 0 Å². The average Bonchev–Trinajstić information content (AvgIpc) is 3.20. The third-order valence-electron chi connectivity index (χ3n) is 3.88. The van der Waals surface area contributed by atoms with Crippen molar-refractivity contribution < 1.29 is 14.5 Å². The standard InChI is InChI=1S/C18H15N5O4/c19-17(24)13-3-1-2-12(8-13)10-21-18(25)14-4-5-15(16(9-14)23(26)27)22-7-6-20-11-22/h1-9,11H,10H2,(H2,19,24)(H,21,25). The van der Waals surface area contributed by atoms with E-state index in [1.165, 1.54) is 35.3 Å². The van der Waals surface area contributed by atoms with Gasteiger partial charge >= 0.3 is 0 Å². The number of rotatable bonds is 6. The Bertz CT molecular complexity index is 1010. The number of amides is 2. The molecule has 3 N–H and O–H groups in total. The van der Waals surface area contributed by atoms with Crippen LogP contribution in [-0.4, -0.2) is 26.3 Å². The molecule has 0 radical (unpaired) electrons. The molecule has 2 amide bonds. The van der Waals surface area contributed by atoms with Crippen molar-refractivity contribution in [3.05, 3.63) is 88.0 Å². The van der Waals surface area contributed by atoms with Crippen LogP contribution >= 0.6 is 0 Å². The number of aromatic nitrogens is 2. The zero-order chi connectivity index (χ0) is 19.4. The first-order chi connectivity index (χ1) is 13.0. The molecular formula is C18H15N5O4. The smallest absolute Gasteiger partial charge is 0.294 e. The van der Waals surface area contributed by atoms with Gasteiger partial charge in [0, 0.05) is 36.1 Å². The molecule has 9 nitrogen and oxygen atoms in total. The van der Waals surface area contributed by atoms with Crippen LogP contribution in [0.2, 0.25) is 0 Å². The van der Waals surface area contributed by atoms with Gasteiger partial charge in [-0.1, -0.05) is 12.1 Å². The van der Waals surface area contributed by atoms with Crippen molar-refractivity contribution in [2.45, 2.75) is 6.54 Å². The molecule has 3 aromatic rings. The number of hydrogen-bond acceptors (Lipinski definition) is 5. The van der Waals surface area contributed by atoms with Gasteiger partial charge in [-0.3, -0.25) is 19.7 Å². The predicted molar refractivity (Wildman–Crippen MR) is 96.3 cm³/mol. The lowest BCUT2D eigenvalue weighted by Gasteiger charge is -2.08. The van der Waals surface area contributed by atoms with Crippen LogP contribution in [0.4, 0.5) is 5.69 Å². The Morgan fingerprint density at radius 3 is 2.67 bits per heavy atom. The Hall–Kier alpha value is -4.01. The maximum atomic E-state index is 12.4. The fraction of sp³-hybridized carbons (Fsp3) is 0.0556. The van der Waals surface area contributed by atoms with Crippen molar-refractivity contribution in [2.24, 2.45) is 5.73 Å². The van der Waals surface area contributed by atoms with Crippen LogP contribution in [-0.2, 0) is 6.54 Å². The molecule has 27 heavy (non-hydrogen) atoms. The fourth-order valence-corrected chi connectivity index (χ4v) is 2.55. The quantitative estimate of drug-likeness (QED) is 0.508. The molecule has 9 heteroatoms. The Labute approximate surface area is 153 Å². The Balaban J connectivity index is 1.79. The van der Waals surface area contributed by atoms with Gasteiger partial charge in [0.1, 0.15) is 5.69 Å². The molecule has 0 bridgehead atoms. The zero-order valence-corrected chi connectivity index (χ0v) is 14.0. The molecule has 0 fully saturated rings. The highest BCUT2D eigenvalue weighted by atomic mass is 16.6. The number of nitrogens with zero attached hydrogens (tertiary/aromatic N) is 3. The minimum Gasteiger partial charge on any atom is -0.366 e. The Kier molecular flexibility index (Phi) is 4.93. The van der Waals surface area contributed by atoms with Gasteiger partial charge in [0.25, 0.3) is 11.6 Å². The second kappa shape index (κ2) is 7.48. The molecule has 0 aliphatic rings. The van der Waals surface area contributed by atoms with Crippen LogP contribution in [0.3, 0.4) is 0 Å². The summed E-state index contributed by atoms with van der Waals surface area (Å²) in [5.74, 6) is -1.03. The highest BCUT2D eigenvalue weighted by Crippen LogP contribution is 2.24. The molecule has 136 valence electrons. The summed E-state index contributed by atoms with van der Waals surface area (Å²) in [4.78, 5) is 38.3. The number of primary amides is 1. The second-order valence-electron chi connectivity index (χ2n) is 5.68. The van der Waals surface area contributed by atoms with E-state index in [4.69, 9.17) is 5.73 Å². The molecule has 3 rings (SSSR count). The van der Waals surface area contributed by atoms with E-state index in [9.17, 15) is 19.7 Å². The topological polar surface area (TPSA) is 133 Å². The number of imidazole rings is 1. The maximum Gasteiger partial charge on any atom is 0.294 e. The SMILES string of the molecule is NC(=O)c1cccc(CNC(=O)c2ccc(-n3ccnc3)c([N+](=O)[O-])c2)c1. The van der Waals surface area contributed by atoms with E-state index in [0.29, 0.717) is 16.8 Å². The first kappa shape index (κ1) is 17.8. The van der Waals surface area contributed by atoms with Crippen LogP contribution in [0.25, 0.3) is 5.69 Å².